The molecule has 0 bridgehead atoms. The molecule has 11 aromatic rings. The van der Waals surface area contributed by atoms with Gasteiger partial charge in [-0.25, -0.2) is 0 Å². The van der Waals surface area contributed by atoms with Crippen molar-refractivity contribution < 1.29 is 4.42 Å². The molecule has 0 fully saturated rings. The smallest absolute Gasteiger partial charge is 0.145 e. The quantitative estimate of drug-likeness (QED) is 0.152. The molecule has 1 aliphatic carbocycles. The molecule has 1 aromatic heterocycles. The maximum atomic E-state index is 7.37. The number of nitrogens with zero attached hydrogens (tertiary/aromatic N) is 2. The summed E-state index contributed by atoms with van der Waals surface area (Å²) in [5.74, 6) is 0. The molecule has 0 aliphatic heterocycles. The standard InChI is InChI=1S/C62H46N2O/c1-41-23-13-19-35-52(41)63(46-30-11-6-12-31-46)56-40-51-60(61-59(56)49-34-18-22-38-57(49)65-61)58-48-33-17-16-32-47(48)55(64(53-36-20-14-24-42(53)2)54-37-21-15-25-43(54)3)39-50(58)62(51,44-26-7-4-8-27-44)45-28-9-5-10-29-45/h4-40H,1-3H3. The second kappa shape index (κ2) is 15.3. The van der Waals surface area contributed by atoms with Gasteiger partial charge in [-0.1, -0.05) is 176 Å². The number of furan rings is 1. The molecule has 3 heteroatoms. The molecule has 0 amide bonds. The molecule has 10 aromatic carbocycles. The third-order valence-electron chi connectivity index (χ3n) is 13.7. The predicted molar refractivity (Wildman–Crippen MR) is 272 cm³/mol. The van der Waals surface area contributed by atoms with Gasteiger partial charge in [0, 0.05) is 39.1 Å². The van der Waals surface area contributed by atoms with Crippen molar-refractivity contribution in [2.24, 2.45) is 0 Å². The van der Waals surface area contributed by atoms with Crippen molar-refractivity contribution in [3.63, 3.8) is 0 Å². The zero-order valence-corrected chi connectivity index (χ0v) is 36.7. The minimum Gasteiger partial charge on any atom is -0.455 e. The fourth-order valence-electron chi connectivity index (χ4n) is 10.8. The first-order valence-corrected chi connectivity index (χ1v) is 22.5. The van der Waals surface area contributed by atoms with Crippen LogP contribution in [0.25, 0.3) is 43.8 Å². The SMILES string of the molecule is Cc1ccccc1N(c1ccccc1C)c1cc2c(c3ccccc13)-c1c(cc(N(c3ccccc3)c3ccccc3C)c3c1oc1ccccc13)C2(c1ccccc1)c1ccccc1. The van der Waals surface area contributed by atoms with Crippen LogP contribution in [0.4, 0.5) is 34.1 Å². The van der Waals surface area contributed by atoms with E-state index in [0.29, 0.717) is 0 Å². The van der Waals surface area contributed by atoms with E-state index in [0.717, 1.165) is 61.6 Å². The number of aryl methyl sites for hydroxylation is 3. The van der Waals surface area contributed by atoms with Gasteiger partial charge in [-0.15, -0.1) is 0 Å². The normalized spacial score (nSPS) is 12.7. The lowest BCUT2D eigenvalue weighted by Gasteiger charge is -2.36. The molecule has 3 nitrogen and oxygen atoms in total. The number of benzene rings is 10. The maximum absolute atomic E-state index is 7.37. The molecule has 1 heterocycles. The van der Waals surface area contributed by atoms with Crippen LogP contribution in [-0.2, 0) is 5.41 Å². The zero-order valence-electron chi connectivity index (χ0n) is 36.7. The minimum atomic E-state index is -0.773. The minimum absolute atomic E-state index is 0.773. The van der Waals surface area contributed by atoms with E-state index < -0.39 is 5.41 Å². The Morgan fingerprint density at radius 3 is 1.35 bits per heavy atom. The first-order chi connectivity index (χ1) is 32.0. The van der Waals surface area contributed by atoms with Gasteiger partial charge in [0.2, 0.25) is 0 Å². The zero-order chi connectivity index (χ0) is 43.6. The second-order valence-electron chi connectivity index (χ2n) is 17.3. The largest absolute Gasteiger partial charge is 0.455 e. The monoisotopic (exact) mass is 834 g/mol. The lowest BCUT2D eigenvalue weighted by molar-refractivity contribution is 0.669. The van der Waals surface area contributed by atoms with Crippen molar-refractivity contribution in [2.75, 3.05) is 9.80 Å². The van der Waals surface area contributed by atoms with E-state index in [-0.39, 0.29) is 0 Å². The molecular weight excluding hydrogens is 789 g/mol. The van der Waals surface area contributed by atoms with Crippen molar-refractivity contribution >= 4 is 66.8 Å². The number of fused-ring (bicyclic) bond motifs is 9. The van der Waals surface area contributed by atoms with Crippen LogP contribution in [0.15, 0.2) is 229 Å². The van der Waals surface area contributed by atoms with Crippen molar-refractivity contribution in [1.29, 1.82) is 0 Å². The molecule has 0 saturated carbocycles. The Morgan fingerprint density at radius 2 is 0.785 bits per heavy atom. The number of hydrogen-bond donors (Lipinski definition) is 0. The van der Waals surface area contributed by atoms with Crippen LogP contribution >= 0.6 is 0 Å². The maximum Gasteiger partial charge on any atom is 0.145 e. The van der Waals surface area contributed by atoms with Crippen LogP contribution < -0.4 is 9.80 Å². The van der Waals surface area contributed by atoms with Crippen LogP contribution in [0.2, 0.25) is 0 Å². The number of para-hydroxylation sites is 5. The summed E-state index contributed by atoms with van der Waals surface area (Å²) in [7, 11) is 0. The predicted octanol–water partition coefficient (Wildman–Crippen LogP) is 17.0. The van der Waals surface area contributed by atoms with Crippen molar-refractivity contribution in [1.82, 2.24) is 0 Å². The molecule has 0 radical (unpaired) electrons. The molecule has 0 spiro atoms. The van der Waals surface area contributed by atoms with Crippen molar-refractivity contribution in [3.8, 4) is 11.1 Å². The van der Waals surface area contributed by atoms with Crippen LogP contribution in [0.3, 0.4) is 0 Å². The van der Waals surface area contributed by atoms with E-state index in [2.05, 4.69) is 255 Å². The van der Waals surface area contributed by atoms with E-state index in [1.54, 1.807) is 0 Å². The van der Waals surface area contributed by atoms with E-state index in [9.17, 15) is 0 Å². The second-order valence-corrected chi connectivity index (χ2v) is 17.3. The fourth-order valence-corrected chi connectivity index (χ4v) is 10.8. The molecule has 12 rings (SSSR count). The van der Waals surface area contributed by atoms with Gasteiger partial charge >= 0.3 is 0 Å². The lowest BCUT2D eigenvalue weighted by Crippen LogP contribution is -2.29. The Labute approximate surface area is 380 Å². The molecule has 0 N–H and O–H groups in total. The van der Waals surface area contributed by atoms with Gasteiger partial charge in [0.05, 0.1) is 22.2 Å². The highest BCUT2D eigenvalue weighted by atomic mass is 16.3. The molecule has 1 aliphatic rings. The third-order valence-corrected chi connectivity index (χ3v) is 13.7. The summed E-state index contributed by atoms with van der Waals surface area (Å²) in [6.45, 7) is 6.65. The van der Waals surface area contributed by atoms with Gasteiger partial charge in [0.15, 0.2) is 0 Å². The van der Waals surface area contributed by atoms with Crippen LogP contribution in [0, 0.1) is 20.8 Å². The summed E-state index contributed by atoms with van der Waals surface area (Å²) >= 11 is 0. The van der Waals surface area contributed by atoms with Crippen molar-refractivity contribution in [3.05, 3.63) is 263 Å². The Morgan fingerprint density at radius 1 is 0.354 bits per heavy atom. The van der Waals surface area contributed by atoms with Gasteiger partial charge in [0.1, 0.15) is 11.2 Å². The highest BCUT2D eigenvalue weighted by molar-refractivity contribution is 6.22. The summed E-state index contributed by atoms with van der Waals surface area (Å²) in [4.78, 5) is 4.94. The lowest BCUT2D eigenvalue weighted by atomic mass is 9.67. The van der Waals surface area contributed by atoms with E-state index in [1.807, 2.05) is 0 Å². The van der Waals surface area contributed by atoms with Crippen LogP contribution in [-0.4, -0.2) is 0 Å². The number of anilines is 6. The third kappa shape index (κ3) is 5.82. The van der Waals surface area contributed by atoms with Crippen LogP contribution in [0.1, 0.15) is 38.9 Å². The number of rotatable bonds is 8. The Balaban J connectivity index is 1.31. The molecule has 65 heavy (non-hydrogen) atoms. The Kier molecular flexibility index (Phi) is 9.06. The summed E-state index contributed by atoms with van der Waals surface area (Å²) in [6, 6.07) is 81.9. The highest BCUT2D eigenvalue weighted by Gasteiger charge is 2.50. The molecule has 0 atom stereocenters. The summed E-state index contributed by atoms with van der Waals surface area (Å²) in [6.07, 6.45) is 0. The highest BCUT2D eigenvalue weighted by Crippen LogP contribution is 2.63. The summed E-state index contributed by atoms with van der Waals surface area (Å²) in [5.41, 5.74) is 18.3. The summed E-state index contributed by atoms with van der Waals surface area (Å²) in [5, 5.41) is 4.51. The first-order valence-electron chi connectivity index (χ1n) is 22.5. The molecular formula is C62H46N2O. The fraction of sp³-hybridized carbons (Fsp3) is 0.0645. The number of hydrogen-bond acceptors (Lipinski definition) is 3. The van der Waals surface area contributed by atoms with Crippen LogP contribution in [0.5, 0.6) is 0 Å². The molecule has 0 saturated heterocycles. The van der Waals surface area contributed by atoms with E-state index in [1.165, 1.54) is 55.3 Å². The van der Waals surface area contributed by atoms with Gasteiger partial charge in [-0.3, -0.25) is 0 Å². The average Bonchev–Trinajstić information content (AvgIpc) is 3.89. The van der Waals surface area contributed by atoms with E-state index >= 15 is 0 Å². The van der Waals surface area contributed by atoms with Gasteiger partial charge in [0.25, 0.3) is 0 Å². The van der Waals surface area contributed by atoms with E-state index in [4.69, 9.17) is 4.42 Å². The Hall–Kier alpha value is -8.14. The van der Waals surface area contributed by atoms with Gasteiger partial charge in [-0.05, 0) is 119 Å². The van der Waals surface area contributed by atoms with Crippen molar-refractivity contribution in [2.45, 2.75) is 26.2 Å². The molecule has 0 unspecified atom stereocenters. The first kappa shape index (κ1) is 38.5. The van der Waals surface area contributed by atoms with Gasteiger partial charge < -0.3 is 14.2 Å². The topological polar surface area (TPSA) is 19.6 Å². The average molecular weight is 835 g/mol. The molecule has 310 valence electrons. The van der Waals surface area contributed by atoms with Gasteiger partial charge in [-0.2, -0.15) is 0 Å². The summed E-state index contributed by atoms with van der Waals surface area (Å²) < 4.78 is 7.37. The Bertz CT molecular complexity index is 3510.